The summed E-state index contributed by atoms with van der Waals surface area (Å²) < 4.78 is 0. The number of hydrogen-bond acceptors (Lipinski definition) is 5. The molecule has 0 aliphatic rings. The zero-order valence-corrected chi connectivity index (χ0v) is 9.29. The zero-order valence-electron chi connectivity index (χ0n) is 8.47. The Hall–Kier alpha value is -1.27. The molecule has 0 fully saturated rings. The predicted molar refractivity (Wildman–Crippen MR) is 59.6 cm³/mol. The number of thiazole rings is 1. The molecule has 6 heteroatoms. The van der Waals surface area contributed by atoms with Gasteiger partial charge < -0.3 is 5.73 Å². The molecule has 2 heterocycles. The van der Waals surface area contributed by atoms with Crippen molar-refractivity contribution in [3.63, 3.8) is 0 Å². The van der Waals surface area contributed by atoms with E-state index >= 15 is 0 Å². The van der Waals surface area contributed by atoms with Gasteiger partial charge in [0.1, 0.15) is 10.7 Å². The van der Waals surface area contributed by atoms with Crippen molar-refractivity contribution in [2.75, 3.05) is 6.54 Å². The highest BCUT2D eigenvalue weighted by Gasteiger charge is 2.13. The number of nitrogens with two attached hydrogens (primary N) is 1. The molecule has 0 aliphatic carbocycles. The summed E-state index contributed by atoms with van der Waals surface area (Å²) in [4.78, 5) is 4.51. The van der Waals surface area contributed by atoms with Crippen molar-refractivity contribution in [1.29, 1.82) is 0 Å². The van der Waals surface area contributed by atoms with Crippen molar-refractivity contribution < 1.29 is 0 Å². The predicted octanol–water partition coefficient (Wildman–Crippen LogP) is 1.38. The standard InChI is InChI=1S/C9H13N5S/c1-2-6(3-10)8-5-15-9(12-8)7-4-11-14-13-7/h4-6H,2-3,10H2,1H3,(H,11,13,14). The molecular weight excluding hydrogens is 210 g/mol. The summed E-state index contributed by atoms with van der Waals surface area (Å²) in [5, 5.41) is 13.3. The smallest absolute Gasteiger partial charge is 0.145 e. The van der Waals surface area contributed by atoms with E-state index in [1.807, 2.05) is 5.38 Å². The molecule has 0 saturated heterocycles. The van der Waals surface area contributed by atoms with Crippen molar-refractivity contribution in [3.05, 3.63) is 17.3 Å². The van der Waals surface area contributed by atoms with Crippen LogP contribution in [-0.2, 0) is 0 Å². The van der Waals surface area contributed by atoms with Crippen molar-refractivity contribution in [3.8, 4) is 10.7 Å². The van der Waals surface area contributed by atoms with E-state index in [4.69, 9.17) is 5.73 Å². The minimum atomic E-state index is 0.349. The van der Waals surface area contributed by atoms with Crippen LogP contribution in [0.5, 0.6) is 0 Å². The molecule has 2 rings (SSSR count). The van der Waals surface area contributed by atoms with E-state index in [-0.39, 0.29) is 0 Å². The van der Waals surface area contributed by atoms with Gasteiger partial charge in [0.25, 0.3) is 0 Å². The topological polar surface area (TPSA) is 80.5 Å². The Morgan fingerprint density at radius 2 is 2.47 bits per heavy atom. The monoisotopic (exact) mass is 223 g/mol. The van der Waals surface area contributed by atoms with Crippen LogP contribution in [0.4, 0.5) is 0 Å². The Morgan fingerprint density at radius 3 is 3.07 bits per heavy atom. The third-order valence-corrected chi connectivity index (χ3v) is 3.23. The number of rotatable bonds is 4. The van der Waals surface area contributed by atoms with E-state index in [1.54, 1.807) is 17.5 Å². The Morgan fingerprint density at radius 1 is 1.60 bits per heavy atom. The number of nitrogens with zero attached hydrogens (tertiary/aromatic N) is 3. The Balaban J connectivity index is 2.24. The van der Waals surface area contributed by atoms with Crippen LogP contribution in [0, 0.1) is 0 Å². The molecule has 1 atom stereocenters. The van der Waals surface area contributed by atoms with E-state index in [0.717, 1.165) is 22.8 Å². The van der Waals surface area contributed by atoms with Crippen LogP contribution < -0.4 is 5.73 Å². The summed E-state index contributed by atoms with van der Waals surface area (Å²) in [6.45, 7) is 2.76. The van der Waals surface area contributed by atoms with Crippen LogP contribution >= 0.6 is 11.3 Å². The lowest BCUT2D eigenvalue weighted by Crippen LogP contribution is -2.11. The molecule has 15 heavy (non-hydrogen) atoms. The second kappa shape index (κ2) is 4.50. The van der Waals surface area contributed by atoms with Gasteiger partial charge in [0.15, 0.2) is 0 Å². The van der Waals surface area contributed by atoms with E-state index in [1.165, 1.54) is 0 Å². The lowest BCUT2D eigenvalue weighted by atomic mass is 10.0. The number of H-pyrrole nitrogens is 1. The molecule has 0 spiro atoms. The highest BCUT2D eigenvalue weighted by atomic mass is 32.1. The van der Waals surface area contributed by atoms with Crippen LogP contribution in [0.1, 0.15) is 25.0 Å². The maximum absolute atomic E-state index is 5.67. The lowest BCUT2D eigenvalue weighted by Gasteiger charge is -2.07. The first-order chi connectivity index (χ1) is 7.35. The number of nitrogens with one attached hydrogen (secondary N) is 1. The molecule has 0 amide bonds. The van der Waals surface area contributed by atoms with Crippen molar-refractivity contribution in [1.82, 2.24) is 20.4 Å². The van der Waals surface area contributed by atoms with Crippen LogP contribution in [-0.4, -0.2) is 26.9 Å². The molecule has 2 aromatic rings. The molecule has 0 bridgehead atoms. The first-order valence-electron chi connectivity index (χ1n) is 4.86. The van der Waals surface area contributed by atoms with Gasteiger partial charge in [0.05, 0.1) is 11.9 Å². The van der Waals surface area contributed by atoms with Crippen LogP contribution in [0.3, 0.4) is 0 Å². The Labute approximate surface area is 91.7 Å². The fourth-order valence-corrected chi connectivity index (χ4v) is 2.25. The third-order valence-electron chi connectivity index (χ3n) is 2.35. The molecule has 0 aromatic carbocycles. The molecule has 5 nitrogen and oxygen atoms in total. The van der Waals surface area contributed by atoms with Crippen molar-refractivity contribution >= 4 is 11.3 Å². The van der Waals surface area contributed by atoms with Gasteiger partial charge in [-0.1, -0.05) is 6.92 Å². The average molecular weight is 223 g/mol. The fourth-order valence-electron chi connectivity index (χ4n) is 1.39. The van der Waals surface area contributed by atoms with Crippen LogP contribution in [0.25, 0.3) is 10.7 Å². The summed E-state index contributed by atoms with van der Waals surface area (Å²) in [5.41, 5.74) is 7.52. The SMILES string of the molecule is CCC(CN)c1csc(-c2cn[nH]n2)n1. The van der Waals surface area contributed by atoms with Gasteiger partial charge >= 0.3 is 0 Å². The summed E-state index contributed by atoms with van der Waals surface area (Å²) in [6.07, 6.45) is 2.69. The average Bonchev–Trinajstić information content (AvgIpc) is 2.89. The second-order valence-electron chi connectivity index (χ2n) is 3.27. The molecule has 0 saturated carbocycles. The normalized spacial score (nSPS) is 12.9. The molecule has 3 N–H and O–H groups in total. The van der Waals surface area contributed by atoms with Crippen LogP contribution in [0.2, 0.25) is 0 Å². The Bertz CT molecular complexity index is 404. The summed E-state index contributed by atoms with van der Waals surface area (Å²) in [6, 6.07) is 0. The maximum Gasteiger partial charge on any atom is 0.145 e. The summed E-state index contributed by atoms with van der Waals surface area (Å²) in [7, 11) is 0. The van der Waals surface area contributed by atoms with Gasteiger partial charge in [-0.3, -0.25) is 0 Å². The van der Waals surface area contributed by atoms with E-state index in [9.17, 15) is 0 Å². The first-order valence-corrected chi connectivity index (χ1v) is 5.74. The lowest BCUT2D eigenvalue weighted by molar-refractivity contribution is 0.659. The van der Waals surface area contributed by atoms with E-state index in [0.29, 0.717) is 12.5 Å². The van der Waals surface area contributed by atoms with Gasteiger partial charge in [-0.05, 0) is 6.42 Å². The summed E-state index contributed by atoms with van der Waals surface area (Å²) in [5.74, 6) is 0.349. The molecule has 1 unspecified atom stereocenters. The number of aromatic amines is 1. The number of hydrogen-bond donors (Lipinski definition) is 2. The van der Waals surface area contributed by atoms with Gasteiger partial charge in [-0.15, -0.1) is 11.3 Å². The molecule has 2 aromatic heterocycles. The zero-order chi connectivity index (χ0) is 10.7. The van der Waals surface area contributed by atoms with E-state index < -0.39 is 0 Å². The molecular formula is C9H13N5S. The molecule has 0 aliphatic heterocycles. The quantitative estimate of drug-likeness (QED) is 0.820. The number of aromatic nitrogens is 4. The van der Waals surface area contributed by atoms with Gasteiger partial charge in [0, 0.05) is 17.8 Å². The maximum atomic E-state index is 5.67. The van der Waals surface area contributed by atoms with Crippen molar-refractivity contribution in [2.45, 2.75) is 19.3 Å². The second-order valence-corrected chi connectivity index (χ2v) is 4.13. The minimum absolute atomic E-state index is 0.349. The highest BCUT2D eigenvalue weighted by molar-refractivity contribution is 7.13. The van der Waals surface area contributed by atoms with Gasteiger partial charge in [-0.25, -0.2) is 4.98 Å². The Kier molecular flexibility index (Phi) is 3.08. The summed E-state index contributed by atoms with van der Waals surface area (Å²) >= 11 is 1.58. The molecule has 80 valence electrons. The largest absolute Gasteiger partial charge is 0.330 e. The highest BCUT2D eigenvalue weighted by Crippen LogP contribution is 2.25. The van der Waals surface area contributed by atoms with Crippen molar-refractivity contribution in [2.24, 2.45) is 5.73 Å². The van der Waals surface area contributed by atoms with Gasteiger partial charge in [-0.2, -0.15) is 15.4 Å². The first kappa shape index (κ1) is 10.3. The third kappa shape index (κ3) is 2.05. The van der Waals surface area contributed by atoms with E-state index in [2.05, 4.69) is 27.3 Å². The fraction of sp³-hybridized carbons (Fsp3) is 0.444. The van der Waals surface area contributed by atoms with Gasteiger partial charge in [0.2, 0.25) is 0 Å². The van der Waals surface area contributed by atoms with Crippen LogP contribution in [0.15, 0.2) is 11.6 Å². The molecule has 0 radical (unpaired) electrons. The minimum Gasteiger partial charge on any atom is -0.330 e.